The van der Waals surface area contributed by atoms with Crippen LogP contribution in [0.25, 0.3) is 0 Å². The molecule has 5 nitrogen and oxygen atoms in total. The Kier molecular flexibility index (Phi) is 5.85. The van der Waals surface area contributed by atoms with E-state index in [1.807, 2.05) is 0 Å². The maximum atomic E-state index is 12.1. The zero-order valence-electron chi connectivity index (χ0n) is 10.5. The zero-order chi connectivity index (χ0) is 12.9. The number of nitrogens with zero attached hydrogens (tertiary/aromatic N) is 1. The minimum atomic E-state index is -3.20. The van der Waals surface area contributed by atoms with E-state index in [2.05, 4.69) is 0 Å². The molecule has 0 aromatic rings. The number of hydrogen-bond acceptors (Lipinski definition) is 4. The second kappa shape index (κ2) is 6.68. The van der Waals surface area contributed by atoms with Crippen LogP contribution in [0.4, 0.5) is 0 Å². The van der Waals surface area contributed by atoms with Gasteiger partial charge < -0.3 is 10.8 Å². The third-order valence-corrected chi connectivity index (χ3v) is 5.15. The molecule has 0 amide bonds. The highest BCUT2D eigenvalue weighted by atomic mass is 32.2. The van der Waals surface area contributed by atoms with Crippen molar-refractivity contribution in [3.05, 3.63) is 0 Å². The van der Waals surface area contributed by atoms with Gasteiger partial charge in [-0.2, -0.15) is 4.31 Å². The van der Waals surface area contributed by atoms with E-state index < -0.39 is 16.1 Å². The SMILES string of the molecule is CC(O)CC1CCCCN1S(=O)(=O)CCCN. The lowest BCUT2D eigenvalue weighted by Gasteiger charge is -2.35. The quantitative estimate of drug-likeness (QED) is 0.722. The Morgan fingerprint density at radius 3 is 2.76 bits per heavy atom. The predicted octanol–water partition coefficient (Wildman–Crippen LogP) is 0.290. The summed E-state index contributed by atoms with van der Waals surface area (Å²) in [6, 6.07) is -0.0356. The smallest absolute Gasteiger partial charge is 0.214 e. The van der Waals surface area contributed by atoms with Crippen molar-refractivity contribution in [2.45, 2.75) is 51.2 Å². The summed E-state index contributed by atoms with van der Waals surface area (Å²) >= 11 is 0. The second-order valence-corrected chi connectivity index (χ2v) is 6.84. The molecule has 0 bridgehead atoms. The van der Waals surface area contributed by atoms with Crippen LogP contribution in [0, 0.1) is 0 Å². The van der Waals surface area contributed by atoms with Gasteiger partial charge >= 0.3 is 0 Å². The maximum absolute atomic E-state index is 12.1. The molecule has 17 heavy (non-hydrogen) atoms. The van der Waals surface area contributed by atoms with Crippen molar-refractivity contribution >= 4 is 10.0 Å². The molecule has 3 N–H and O–H groups in total. The van der Waals surface area contributed by atoms with Crippen molar-refractivity contribution in [1.29, 1.82) is 0 Å². The highest BCUT2D eigenvalue weighted by molar-refractivity contribution is 7.89. The number of piperidine rings is 1. The molecule has 1 aliphatic rings. The number of aliphatic hydroxyl groups excluding tert-OH is 1. The number of nitrogens with two attached hydrogens (primary N) is 1. The fraction of sp³-hybridized carbons (Fsp3) is 1.00. The largest absolute Gasteiger partial charge is 0.393 e. The van der Waals surface area contributed by atoms with Crippen molar-refractivity contribution in [1.82, 2.24) is 4.31 Å². The highest BCUT2D eigenvalue weighted by Gasteiger charge is 2.32. The molecule has 0 aromatic heterocycles. The van der Waals surface area contributed by atoms with Gasteiger partial charge in [-0.05, 0) is 39.2 Å². The van der Waals surface area contributed by atoms with Crippen LogP contribution >= 0.6 is 0 Å². The van der Waals surface area contributed by atoms with Gasteiger partial charge in [0.1, 0.15) is 0 Å². The summed E-state index contributed by atoms with van der Waals surface area (Å²) in [5, 5.41) is 9.42. The molecule has 1 rings (SSSR count). The summed E-state index contributed by atoms with van der Waals surface area (Å²) in [7, 11) is -3.20. The fourth-order valence-corrected chi connectivity index (χ4v) is 4.17. The van der Waals surface area contributed by atoms with Crippen molar-refractivity contribution < 1.29 is 13.5 Å². The van der Waals surface area contributed by atoms with Crippen LogP contribution in [0.15, 0.2) is 0 Å². The number of sulfonamides is 1. The molecular weight excluding hydrogens is 240 g/mol. The van der Waals surface area contributed by atoms with Crippen LogP contribution in [0.1, 0.15) is 39.0 Å². The highest BCUT2D eigenvalue weighted by Crippen LogP contribution is 2.24. The second-order valence-electron chi connectivity index (χ2n) is 4.80. The average molecular weight is 264 g/mol. The Morgan fingerprint density at radius 1 is 1.47 bits per heavy atom. The van der Waals surface area contributed by atoms with Gasteiger partial charge in [-0.3, -0.25) is 0 Å². The van der Waals surface area contributed by atoms with Crippen LogP contribution < -0.4 is 5.73 Å². The van der Waals surface area contributed by atoms with Crippen molar-refractivity contribution in [3.63, 3.8) is 0 Å². The number of hydrogen-bond donors (Lipinski definition) is 2. The molecule has 1 saturated heterocycles. The normalized spacial score (nSPS) is 24.8. The first-order chi connectivity index (χ1) is 7.97. The monoisotopic (exact) mass is 264 g/mol. The van der Waals surface area contributed by atoms with Crippen LogP contribution in [0.3, 0.4) is 0 Å². The minimum Gasteiger partial charge on any atom is -0.393 e. The van der Waals surface area contributed by atoms with E-state index in [-0.39, 0.29) is 11.8 Å². The van der Waals surface area contributed by atoms with Gasteiger partial charge in [0, 0.05) is 12.6 Å². The van der Waals surface area contributed by atoms with E-state index in [9.17, 15) is 13.5 Å². The van der Waals surface area contributed by atoms with E-state index in [4.69, 9.17) is 5.73 Å². The van der Waals surface area contributed by atoms with E-state index in [1.165, 1.54) is 0 Å². The molecule has 0 aliphatic carbocycles. The molecule has 6 heteroatoms. The van der Waals surface area contributed by atoms with Crippen molar-refractivity contribution in [2.75, 3.05) is 18.8 Å². The minimum absolute atomic E-state index is 0.0356. The zero-order valence-corrected chi connectivity index (χ0v) is 11.3. The molecule has 2 atom stereocenters. The standard InChI is InChI=1S/C11H24N2O3S/c1-10(14)9-11-5-2-3-7-13(11)17(15,16)8-4-6-12/h10-11,14H,2-9,12H2,1H3. The van der Waals surface area contributed by atoms with Gasteiger partial charge in [-0.25, -0.2) is 8.42 Å². The summed E-state index contributed by atoms with van der Waals surface area (Å²) in [5.41, 5.74) is 5.36. The first kappa shape index (κ1) is 14.9. The summed E-state index contributed by atoms with van der Waals surface area (Å²) < 4.78 is 25.8. The molecular formula is C11H24N2O3S. The predicted molar refractivity (Wildman–Crippen MR) is 68.1 cm³/mol. The van der Waals surface area contributed by atoms with Crippen molar-refractivity contribution in [2.24, 2.45) is 5.73 Å². The summed E-state index contributed by atoms with van der Waals surface area (Å²) in [5.74, 6) is 0.125. The van der Waals surface area contributed by atoms with Crippen LogP contribution in [-0.4, -0.2) is 48.8 Å². The number of aliphatic hydroxyl groups is 1. The summed E-state index contributed by atoms with van der Waals surface area (Å²) in [6.45, 7) is 2.69. The Morgan fingerprint density at radius 2 is 2.18 bits per heavy atom. The van der Waals surface area contributed by atoms with E-state index >= 15 is 0 Å². The van der Waals surface area contributed by atoms with E-state index in [0.717, 1.165) is 19.3 Å². The Hall–Kier alpha value is -0.170. The summed E-state index contributed by atoms with van der Waals surface area (Å²) in [4.78, 5) is 0. The maximum Gasteiger partial charge on any atom is 0.214 e. The van der Waals surface area contributed by atoms with Gasteiger partial charge in [0.05, 0.1) is 11.9 Å². The lowest BCUT2D eigenvalue weighted by Crippen LogP contribution is -2.46. The molecule has 0 saturated carbocycles. The third-order valence-electron chi connectivity index (χ3n) is 3.15. The first-order valence-electron chi connectivity index (χ1n) is 6.35. The molecule has 2 unspecified atom stereocenters. The van der Waals surface area contributed by atoms with Gasteiger partial charge in [0.2, 0.25) is 10.0 Å². The van der Waals surface area contributed by atoms with Gasteiger partial charge in [0.15, 0.2) is 0 Å². The van der Waals surface area contributed by atoms with E-state index in [0.29, 0.717) is 25.9 Å². The van der Waals surface area contributed by atoms with Crippen LogP contribution in [-0.2, 0) is 10.0 Å². The molecule has 1 heterocycles. The molecule has 1 aliphatic heterocycles. The average Bonchev–Trinajstić information content (AvgIpc) is 2.26. The van der Waals surface area contributed by atoms with Crippen molar-refractivity contribution in [3.8, 4) is 0 Å². The lowest BCUT2D eigenvalue weighted by atomic mass is 10.00. The van der Waals surface area contributed by atoms with E-state index in [1.54, 1.807) is 11.2 Å². The third kappa shape index (κ3) is 4.54. The Balaban J connectivity index is 2.69. The molecule has 0 radical (unpaired) electrons. The summed E-state index contributed by atoms with van der Waals surface area (Å²) in [6.07, 6.45) is 3.39. The van der Waals surface area contributed by atoms with Gasteiger partial charge in [0.25, 0.3) is 0 Å². The van der Waals surface area contributed by atoms with Gasteiger partial charge in [-0.15, -0.1) is 0 Å². The first-order valence-corrected chi connectivity index (χ1v) is 7.96. The molecule has 0 spiro atoms. The van der Waals surface area contributed by atoms with Crippen LogP contribution in [0.2, 0.25) is 0 Å². The topological polar surface area (TPSA) is 83.6 Å². The lowest BCUT2D eigenvalue weighted by molar-refractivity contribution is 0.132. The molecule has 102 valence electrons. The molecule has 0 aromatic carbocycles. The molecule has 1 fully saturated rings. The fourth-order valence-electron chi connectivity index (χ4n) is 2.35. The Labute approximate surface area is 104 Å². The Bertz CT molecular complexity index is 317. The van der Waals surface area contributed by atoms with Gasteiger partial charge in [-0.1, -0.05) is 6.42 Å². The van der Waals surface area contributed by atoms with Crippen LogP contribution in [0.5, 0.6) is 0 Å². The number of rotatable bonds is 6.